The molecule has 5 rings (SSSR count). The van der Waals surface area contributed by atoms with E-state index in [2.05, 4.69) is 34.8 Å². The smallest absolute Gasteiger partial charge is 0.433 e. The zero-order valence-corrected chi connectivity index (χ0v) is 24.1. The number of hydrogen-bond donors (Lipinski definition) is 1. The lowest BCUT2D eigenvalue weighted by atomic mass is 9.81. The minimum Gasteiger partial charge on any atom is -0.481 e. The van der Waals surface area contributed by atoms with E-state index in [4.69, 9.17) is 4.98 Å². The summed E-state index contributed by atoms with van der Waals surface area (Å²) in [6.45, 7) is 12.7. The van der Waals surface area contributed by atoms with Crippen LogP contribution in [0.1, 0.15) is 73.3 Å². The number of carboxylic acids is 1. The Hall–Kier alpha value is -3.69. The summed E-state index contributed by atoms with van der Waals surface area (Å²) in [6.07, 6.45) is -0.752. The first-order chi connectivity index (χ1) is 19.2. The number of anilines is 2. The van der Waals surface area contributed by atoms with Gasteiger partial charge in [0.2, 0.25) is 5.95 Å². The predicted molar refractivity (Wildman–Crippen MR) is 152 cm³/mol. The molecule has 0 saturated carbocycles. The van der Waals surface area contributed by atoms with Gasteiger partial charge in [-0.25, -0.2) is 9.97 Å². The Bertz CT molecular complexity index is 1480. The number of aliphatic carboxylic acids is 1. The molecule has 0 aliphatic carbocycles. The summed E-state index contributed by atoms with van der Waals surface area (Å²) in [5.41, 5.74) is 6.58. The van der Waals surface area contributed by atoms with E-state index in [1.165, 1.54) is 0 Å². The summed E-state index contributed by atoms with van der Waals surface area (Å²) in [4.78, 5) is 29.0. The molecule has 2 aliphatic heterocycles. The molecule has 1 N–H and O–H groups in total. The second-order valence-electron chi connectivity index (χ2n) is 12.0. The van der Waals surface area contributed by atoms with Crippen molar-refractivity contribution in [3.05, 3.63) is 64.2 Å². The molecule has 0 amide bonds. The number of rotatable bonds is 5. The molecule has 2 aromatic heterocycles. The molecular formula is C31H36F3N5O2. The van der Waals surface area contributed by atoms with Gasteiger partial charge >= 0.3 is 12.1 Å². The van der Waals surface area contributed by atoms with Gasteiger partial charge < -0.3 is 14.9 Å². The zero-order chi connectivity index (χ0) is 29.7. The maximum atomic E-state index is 13.2. The third-order valence-corrected chi connectivity index (χ3v) is 8.54. The number of pyridine rings is 1. The molecule has 1 aromatic carbocycles. The zero-order valence-electron chi connectivity index (χ0n) is 24.1. The number of nitrogens with zero attached hydrogens (tertiary/aromatic N) is 5. The lowest BCUT2D eigenvalue weighted by molar-refractivity contribution is -0.141. The van der Waals surface area contributed by atoms with Gasteiger partial charge in [-0.2, -0.15) is 13.2 Å². The Labute approximate surface area is 238 Å². The Morgan fingerprint density at radius 3 is 2.37 bits per heavy atom. The predicted octanol–water partition coefficient (Wildman–Crippen LogP) is 6.55. The first-order valence-electron chi connectivity index (χ1n) is 14.0. The van der Waals surface area contributed by atoms with E-state index in [0.717, 1.165) is 83.1 Å². The molecule has 4 heterocycles. The van der Waals surface area contributed by atoms with Crippen LogP contribution in [0.25, 0.3) is 11.1 Å². The quantitative estimate of drug-likeness (QED) is 0.374. The van der Waals surface area contributed by atoms with Crippen molar-refractivity contribution in [1.29, 1.82) is 0 Å². The van der Waals surface area contributed by atoms with Crippen LogP contribution in [0.5, 0.6) is 0 Å². The fourth-order valence-corrected chi connectivity index (χ4v) is 6.03. The fourth-order valence-electron chi connectivity index (χ4n) is 6.03. The number of benzene rings is 1. The molecule has 2 aliphatic rings. The highest BCUT2D eigenvalue weighted by Gasteiger charge is 2.35. The lowest BCUT2D eigenvalue weighted by Crippen LogP contribution is -2.38. The fraction of sp³-hybridized carbons (Fsp3) is 0.484. The largest absolute Gasteiger partial charge is 0.481 e. The monoisotopic (exact) mass is 567 g/mol. The Morgan fingerprint density at radius 2 is 1.71 bits per heavy atom. The average molecular weight is 568 g/mol. The van der Waals surface area contributed by atoms with Crippen molar-refractivity contribution >= 4 is 17.6 Å². The maximum Gasteiger partial charge on any atom is 0.433 e. The van der Waals surface area contributed by atoms with Gasteiger partial charge in [0.1, 0.15) is 5.69 Å². The standard InChI is InChI=1S/C31H36F3N5O2/c1-18(28(40)41)25-19(2)36-20(3)26(27(25)38-14-10-30(4,5)11-15-38)22-6-7-23-17-39(13-9-21(23)16-22)29-35-12-8-24(37-29)31(32,33)34/h6-8,12,16,18H,9-11,13-15,17H2,1-5H3,(H,40,41)/t18-/m0/s1. The number of halogens is 3. The molecular weight excluding hydrogens is 531 g/mol. The van der Waals surface area contributed by atoms with E-state index in [1.807, 2.05) is 26.0 Å². The van der Waals surface area contributed by atoms with Crippen LogP contribution >= 0.6 is 0 Å². The van der Waals surface area contributed by atoms with E-state index >= 15 is 0 Å². The van der Waals surface area contributed by atoms with Gasteiger partial charge in [-0.15, -0.1) is 0 Å². The molecule has 218 valence electrons. The van der Waals surface area contributed by atoms with E-state index in [0.29, 0.717) is 19.5 Å². The Balaban J connectivity index is 1.54. The van der Waals surface area contributed by atoms with Gasteiger partial charge in [-0.3, -0.25) is 9.78 Å². The van der Waals surface area contributed by atoms with Crippen LogP contribution in [-0.4, -0.2) is 45.7 Å². The van der Waals surface area contributed by atoms with Crippen LogP contribution in [0.3, 0.4) is 0 Å². The highest BCUT2D eigenvalue weighted by atomic mass is 19.4. The van der Waals surface area contributed by atoms with Crippen molar-refractivity contribution in [2.75, 3.05) is 29.4 Å². The van der Waals surface area contributed by atoms with E-state index < -0.39 is 23.8 Å². The number of aryl methyl sites for hydroxylation is 2. The van der Waals surface area contributed by atoms with Crippen molar-refractivity contribution in [3.63, 3.8) is 0 Å². The third kappa shape index (κ3) is 5.74. The van der Waals surface area contributed by atoms with Crippen LogP contribution in [0, 0.1) is 19.3 Å². The van der Waals surface area contributed by atoms with Crippen molar-refractivity contribution in [2.45, 2.75) is 72.5 Å². The SMILES string of the molecule is Cc1nc(C)c([C@H](C)C(=O)O)c(N2CCC(C)(C)CC2)c1-c1ccc2c(c1)CCN(c1nccc(C(F)(F)F)n1)C2. The number of aromatic nitrogens is 3. The molecule has 0 unspecified atom stereocenters. The van der Waals surface area contributed by atoms with Crippen molar-refractivity contribution < 1.29 is 23.1 Å². The van der Waals surface area contributed by atoms with Crippen LogP contribution in [0.2, 0.25) is 0 Å². The second-order valence-corrected chi connectivity index (χ2v) is 12.0. The highest BCUT2D eigenvalue weighted by molar-refractivity contribution is 5.88. The molecule has 0 spiro atoms. The highest BCUT2D eigenvalue weighted by Crippen LogP contribution is 2.44. The summed E-state index contributed by atoms with van der Waals surface area (Å²) in [5, 5.41) is 10.0. The van der Waals surface area contributed by atoms with Crippen molar-refractivity contribution in [1.82, 2.24) is 15.0 Å². The van der Waals surface area contributed by atoms with Crippen LogP contribution in [0.15, 0.2) is 30.5 Å². The van der Waals surface area contributed by atoms with Crippen LogP contribution in [-0.2, 0) is 23.9 Å². The summed E-state index contributed by atoms with van der Waals surface area (Å²) in [6, 6.07) is 7.03. The number of carboxylic acid groups (broad SMARTS) is 1. The minimum absolute atomic E-state index is 0.0655. The molecule has 7 nitrogen and oxygen atoms in total. The van der Waals surface area contributed by atoms with Gasteiger partial charge in [0.05, 0.1) is 11.6 Å². The molecule has 1 saturated heterocycles. The Morgan fingerprint density at radius 1 is 1.00 bits per heavy atom. The van der Waals surface area contributed by atoms with Gasteiger partial charge in [0, 0.05) is 54.9 Å². The number of hydrogen-bond acceptors (Lipinski definition) is 6. The first kappa shape index (κ1) is 28.8. The molecule has 1 atom stereocenters. The first-order valence-corrected chi connectivity index (χ1v) is 14.0. The van der Waals surface area contributed by atoms with Crippen molar-refractivity contribution in [3.8, 4) is 11.1 Å². The normalized spacial score (nSPS) is 17.8. The summed E-state index contributed by atoms with van der Waals surface area (Å²) < 4.78 is 39.6. The molecule has 3 aromatic rings. The number of alkyl halides is 3. The number of fused-ring (bicyclic) bond motifs is 1. The number of carbonyl (C=O) groups is 1. The van der Waals surface area contributed by atoms with Gasteiger partial charge in [0.15, 0.2) is 0 Å². The van der Waals surface area contributed by atoms with E-state index in [1.54, 1.807) is 11.8 Å². The lowest BCUT2D eigenvalue weighted by Gasteiger charge is -2.41. The van der Waals surface area contributed by atoms with E-state index in [-0.39, 0.29) is 11.4 Å². The van der Waals surface area contributed by atoms with Crippen LogP contribution < -0.4 is 9.80 Å². The topological polar surface area (TPSA) is 82.5 Å². The maximum absolute atomic E-state index is 13.2. The van der Waals surface area contributed by atoms with Gasteiger partial charge in [-0.1, -0.05) is 32.0 Å². The van der Waals surface area contributed by atoms with E-state index in [9.17, 15) is 23.1 Å². The van der Waals surface area contributed by atoms with Gasteiger partial charge in [-0.05, 0) is 68.2 Å². The second kappa shape index (κ2) is 10.6. The minimum atomic E-state index is -4.53. The molecule has 10 heteroatoms. The third-order valence-electron chi connectivity index (χ3n) is 8.54. The molecule has 41 heavy (non-hydrogen) atoms. The molecule has 1 fully saturated rings. The summed E-state index contributed by atoms with van der Waals surface area (Å²) in [5.74, 6) is -1.54. The Kier molecular flexibility index (Phi) is 7.46. The average Bonchev–Trinajstić information content (AvgIpc) is 2.91. The number of piperidine rings is 1. The van der Waals surface area contributed by atoms with Crippen molar-refractivity contribution in [2.24, 2.45) is 5.41 Å². The van der Waals surface area contributed by atoms with Crippen LogP contribution in [0.4, 0.5) is 24.8 Å². The molecule has 0 radical (unpaired) electrons. The summed E-state index contributed by atoms with van der Waals surface area (Å²) in [7, 11) is 0. The molecule has 0 bridgehead atoms. The summed E-state index contributed by atoms with van der Waals surface area (Å²) >= 11 is 0. The van der Waals surface area contributed by atoms with Gasteiger partial charge in [0.25, 0.3) is 0 Å².